The summed E-state index contributed by atoms with van der Waals surface area (Å²) in [4.78, 5) is 2.02. The molecule has 2 rings (SSSR count). The Labute approximate surface area is 127 Å². The Bertz CT molecular complexity index is 572. The van der Waals surface area contributed by atoms with Gasteiger partial charge in [-0.05, 0) is 24.3 Å². The van der Waals surface area contributed by atoms with Crippen LogP contribution in [0.2, 0.25) is 0 Å². The van der Waals surface area contributed by atoms with Gasteiger partial charge in [-0.3, -0.25) is 0 Å². The Morgan fingerprint density at radius 2 is 1.86 bits per heavy atom. The molecule has 1 heterocycles. The molecule has 21 heavy (non-hydrogen) atoms. The summed E-state index contributed by atoms with van der Waals surface area (Å²) >= 11 is 0.564. The van der Waals surface area contributed by atoms with Crippen LogP contribution >= 0.6 is 11.8 Å². The maximum absolute atomic E-state index is 12.1. The summed E-state index contributed by atoms with van der Waals surface area (Å²) in [5, 5.41) is 3.30. The molecule has 0 aliphatic rings. The van der Waals surface area contributed by atoms with E-state index in [9.17, 15) is 8.78 Å². The normalized spacial score (nSPS) is 10.9. The number of benzene rings is 1. The molecule has 0 bridgehead atoms. The zero-order chi connectivity index (χ0) is 15.2. The van der Waals surface area contributed by atoms with E-state index in [0.29, 0.717) is 24.1 Å². The van der Waals surface area contributed by atoms with Gasteiger partial charge in [-0.15, -0.1) is 0 Å². The average Bonchev–Trinajstić information content (AvgIpc) is 2.91. The van der Waals surface area contributed by atoms with Crippen molar-refractivity contribution >= 4 is 23.1 Å². The zero-order valence-corrected chi connectivity index (χ0v) is 12.8. The Balaban J connectivity index is 1.94. The minimum atomic E-state index is -2.37. The molecule has 0 aliphatic heterocycles. The van der Waals surface area contributed by atoms with E-state index < -0.39 is 5.76 Å². The number of alkyl halides is 2. The molecule has 0 spiro atoms. The number of hydrogen-bond donors (Lipinski definition) is 1. The molecule has 0 aliphatic carbocycles. The second-order valence-corrected chi connectivity index (χ2v) is 5.68. The second-order valence-electron chi connectivity index (χ2n) is 4.70. The van der Waals surface area contributed by atoms with Crippen molar-refractivity contribution in [2.75, 3.05) is 24.3 Å². The number of para-hydroxylation sites is 2. The maximum atomic E-state index is 12.1. The van der Waals surface area contributed by atoms with Gasteiger partial charge in [-0.2, -0.15) is 8.78 Å². The summed E-state index contributed by atoms with van der Waals surface area (Å²) in [5.41, 5.74) is 2.08. The molecule has 1 aromatic carbocycles. The van der Waals surface area contributed by atoms with E-state index >= 15 is 0 Å². The second kappa shape index (κ2) is 7.36. The first-order valence-corrected chi connectivity index (χ1v) is 7.58. The maximum Gasteiger partial charge on any atom is 0.284 e. The van der Waals surface area contributed by atoms with Crippen LogP contribution in [0.4, 0.5) is 20.2 Å². The first-order valence-electron chi connectivity index (χ1n) is 6.54. The molecular weight excluding hydrogens is 294 g/mol. The number of nitrogens with one attached hydrogen (secondary N) is 1. The van der Waals surface area contributed by atoms with E-state index in [-0.39, 0.29) is 5.75 Å². The monoisotopic (exact) mass is 312 g/mol. The average molecular weight is 312 g/mol. The van der Waals surface area contributed by atoms with Crippen LogP contribution in [-0.4, -0.2) is 19.9 Å². The highest BCUT2D eigenvalue weighted by atomic mass is 32.2. The van der Waals surface area contributed by atoms with Gasteiger partial charge in [0.2, 0.25) is 0 Å². The van der Waals surface area contributed by atoms with Crippen molar-refractivity contribution in [1.29, 1.82) is 0 Å². The quantitative estimate of drug-likeness (QED) is 0.819. The number of thioether (sulfide) groups is 1. The third-order valence-corrected chi connectivity index (χ3v) is 3.61. The fourth-order valence-corrected chi connectivity index (χ4v) is 2.38. The van der Waals surface area contributed by atoms with Crippen molar-refractivity contribution in [3.63, 3.8) is 0 Å². The number of furan rings is 1. The van der Waals surface area contributed by atoms with Gasteiger partial charge < -0.3 is 14.6 Å². The molecule has 0 unspecified atom stereocenters. The molecule has 114 valence electrons. The number of anilines is 2. The minimum Gasteiger partial charge on any atom is -0.463 e. The van der Waals surface area contributed by atoms with Gasteiger partial charge in [0.05, 0.1) is 23.7 Å². The lowest BCUT2D eigenvalue weighted by Gasteiger charge is -2.17. The fourth-order valence-electron chi connectivity index (χ4n) is 1.94. The molecule has 0 saturated heterocycles. The Hall–Kier alpha value is -1.69. The van der Waals surface area contributed by atoms with Crippen LogP contribution in [-0.2, 0) is 12.3 Å². The van der Waals surface area contributed by atoms with Crippen LogP contribution in [0.3, 0.4) is 0 Å². The van der Waals surface area contributed by atoms with E-state index in [2.05, 4.69) is 5.32 Å². The van der Waals surface area contributed by atoms with Gasteiger partial charge in [0.25, 0.3) is 5.76 Å². The topological polar surface area (TPSA) is 28.4 Å². The molecule has 0 fully saturated rings. The molecule has 1 aromatic heterocycles. The van der Waals surface area contributed by atoms with Crippen molar-refractivity contribution in [2.45, 2.75) is 18.1 Å². The molecule has 0 saturated carbocycles. The van der Waals surface area contributed by atoms with Crippen molar-refractivity contribution in [3.05, 3.63) is 47.9 Å². The Kier molecular flexibility index (Phi) is 5.50. The smallest absolute Gasteiger partial charge is 0.284 e. The van der Waals surface area contributed by atoms with Crippen LogP contribution in [0, 0.1) is 0 Å². The lowest BCUT2D eigenvalue weighted by atomic mass is 10.2. The third-order valence-electron chi connectivity index (χ3n) is 2.91. The SMILES string of the molecule is CN(C)c1ccccc1NCc1ccc(CSC(F)F)o1. The van der Waals surface area contributed by atoms with E-state index in [4.69, 9.17) is 4.42 Å². The number of hydrogen-bond acceptors (Lipinski definition) is 4. The van der Waals surface area contributed by atoms with Gasteiger partial charge in [0.15, 0.2) is 0 Å². The summed E-state index contributed by atoms with van der Waals surface area (Å²) < 4.78 is 29.8. The highest BCUT2D eigenvalue weighted by molar-refractivity contribution is 7.98. The van der Waals surface area contributed by atoms with Gasteiger partial charge in [0.1, 0.15) is 11.5 Å². The van der Waals surface area contributed by atoms with E-state index in [1.54, 1.807) is 6.07 Å². The standard InChI is InChI=1S/C15H18F2N2OS/c1-19(2)14-6-4-3-5-13(14)18-9-11-7-8-12(20-11)10-21-15(16)17/h3-8,15,18H,9-10H2,1-2H3. The highest BCUT2D eigenvalue weighted by Gasteiger charge is 2.08. The largest absolute Gasteiger partial charge is 0.463 e. The van der Waals surface area contributed by atoms with Crippen LogP contribution in [0.25, 0.3) is 0 Å². The van der Waals surface area contributed by atoms with Gasteiger partial charge in [0, 0.05) is 14.1 Å². The molecule has 6 heteroatoms. The molecule has 0 radical (unpaired) electrons. The molecular formula is C15H18F2N2OS. The van der Waals surface area contributed by atoms with E-state index in [1.807, 2.05) is 49.3 Å². The van der Waals surface area contributed by atoms with E-state index in [1.165, 1.54) is 0 Å². The van der Waals surface area contributed by atoms with Crippen LogP contribution in [0.5, 0.6) is 0 Å². The lowest BCUT2D eigenvalue weighted by Crippen LogP contribution is -2.11. The minimum absolute atomic E-state index is 0.186. The van der Waals surface area contributed by atoms with Crippen LogP contribution in [0.15, 0.2) is 40.8 Å². The van der Waals surface area contributed by atoms with Gasteiger partial charge >= 0.3 is 0 Å². The highest BCUT2D eigenvalue weighted by Crippen LogP contribution is 2.25. The summed E-state index contributed by atoms with van der Waals surface area (Å²) in [5.74, 6) is -0.888. The lowest BCUT2D eigenvalue weighted by molar-refractivity contribution is 0.251. The predicted octanol–water partition coefficient (Wildman–Crippen LogP) is 4.41. The zero-order valence-electron chi connectivity index (χ0n) is 12.0. The van der Waals surface area contributed by atoms with E-state index in [0.717, 1.165) is 17.1 Å². The van der Waals surface area contributed by atoms with Crippen molar-refractivity contribution < 1.29 is 13.2 Å². The first-order chi connectivity index (χ1) is 10.1. The summed E-state index contributed by atoms with van der Waals surface area (Å²) in [6.45, 7) is 0.518. The molecule has 3 nitrogen and oxygen atoms in total. The van der Waals surface area contributed by atoms with Crippen molar-refractivity contribution in [3.8, 4) is 0 Å². The molecule has 2 aromatic rings. The first kappa shape index (κ1) is 15.7. The Morgan fingerprint density at radius 3 is 2.57 bits per heavy atom. The molecule has 1 N–H and O–H groups in total. The van der Waals surface area contributed by atoms with Gasteiger partial charge in [-0.1, -0.05) is 23.9 Å². The van der Waals surface area contributed by atoms with Crippen LogP contribution in [0.1, 0.15) is 11.5 Å². The predicted molar refractivity (Wildman–Crippen MR) is 84.1 cm³/mol. The van der Waals surface area contributed by atoms with Crippen LogP contribution < -0.4 is 10.2 Å². The van der Waals surface area contributed by atoms with Gasteiger partial charge in [-0.25, -0.2) is 0 Å². The third kappa shape index (κ3) is 4.67. The summed E-state index contributed by atoms with van der Waals surface area (Å²) in [7, 11) is 3.96. The van der Waals surface area contributed by atoms with Crippen molar-refractivity contribution in [1.82, 2.24) is 0 Å². The number of nitrogens with zero attached hydrogens (tertiary/aromatic N) is 1. The Morgan fingerprint density at radius 1 is 1.14 bits per heavy atom. The summed E-state index contributed by atoms with van der Waals surface area (Å²) in [6.07, 6.45) is 0. The summed E-state index contributed by atoms with van der Waals surface area (Å²) in [6, 6.07) is 11.5. The molecule has 0 atom stereocenters. The number of halogens is 2. The number of rotatable bonds is 7. The molecule has 0 amide bonds. The van der Waals surface area contributed by atoms with Crippen molar-refractivity contribution in [2.24, 2.45) is 0 Å². The fraction of sp³-hybridized carbons (Fsp3) is 0.333.